The van der Waals surface area contributed by atoms with Gasteiger partial charge in [-0.2, -0.15) is 4.73 Å². The van der Waals surface area contributed by atoms with Crippen LogP contribution in [0.2, 0.25) is 0 Å². The summed E-state index contributed by atoms with van der Waals surface area (Å²) in [5.41, 5.74) is 4.30. The number of aryl methyl sites for hydroxylation is 1. The monoisotopic (exact) mass is 549 g/mol. The fourth-order valence-electron chi connectivity index (χ4n) is 8.17. The highest BCUT2D eigenvalue weighted by atomic mass is 16.5. The topological polar surface area (TPSA) is 68.3 Å². The highest BCUT2D eigenvalue weighted by Crippen LogP contribution is 2.45. The molecule has 2 aromatic heterocycles. The van der Waals surface area contributed by atoms with E-state index in [-0.39, 0.29) is 11.3 Å². The van der Waals surface area contributed by atoms with E-state index in [2.05, 4.69) is 71.0 Å². The van der Waals surface area contributed by atoms with Crippen molar-refractivity contribution in [2.75, 3.05) is 19.6 Å². The lowest BCUT2D eigenvalue weighted by Gasteiger charge is -2.45. The molecule has 2 aromatic carbocycles. The van der Waals surface area contributed by atoms with Gasteiger partial charge in [0.1, 0.15) is 11.4 Å². The molecule has 0 saturated carbocycles. The zero-order valence-corrected chi connectivity index (χ0v) is 23.9. The van der Waals surface area contributed by atoms with Crippen LogP contribution in [0.15, 0.2) is 79.1 Å². The number of rotatable bonds is 6. The first-order valence-electron chi connectivity index (χ1n) is 15.2. The number of amides is 1. The van der Waals surface area contributed by atoms with Gasteiger partial charge in [-0.1, -0.05) is 42.5 Å². The van der Waals surface area contributed by atoms with Gasteiger partial charge in [0.2, 0.25) is 0 Å². The second kappa shape index (κ2) is 10.6. The van der Waals surface area contributed by atoms with E-state index in [1.165, 1.54) is 49.2 Å². The Morgan fingerprint density at radius 2 is 1.66 bits per heavy atom. The van der Waals surface area contributed by atoms with E-state index in [0.29, 0.717) is 41.5 Å². The van der Waals surface area contributed by atoms with Crippen molar-refractivity contribution < 1.29 is 9.52 Å². The number of aromatic nitrogens is 3. The highest BCUT2D eigenvalue weighted by Gasteiger charge is 2.44. The summed E-state index contributed by atoms with van der Waals surface area (Å²) in [6.45, 7) is 4.68. The van der Waals surface area contributed by atoms with E-state index in [9.17, 15) is 10.0 Å². The van der Waals surface area contributed by atoms with Gasteiger partial charge in [-0.15, -0.1) is 0 Å². The molecule has 212 valence electrons. The SMILES string of the molecule is Cc1nc2ccccc2n1[C@H]1C[C@H]2CC[C@@H](C1)N2CCC1(c2ccccc2)CCN(C(=O)c2ccc[n+]([O-])c2)CC1. The van der Waals surface area contributed by atoms with E-state index < -0.39 is 0 Å². The number of imidazole rings is 1. The lowest BCUT2D eigenvalue weighted by molar-refractivity contribution is -0.605. The van der Waals surface area contributed by atoms with Crippen molar-refractivity contribution in [3.8, 4) is 0 Å². The number of likely N-dealkylation sites (tertiary alicyclic amines) is 1. The molecule has 0 unspecified atom stereocenters. The number of carbonyl (C=O) groups is 1. The van der Waals surface area contributed by atoms with Gasteiger partial charge in [0.05, 0.1) is 11.0 Å². The third-order valence-electron chi connectivity index (χ3n) is 10.3. The van der Waals surface area contributed by atoms with Gasteiger partial charge < -0.3 is 14.7 Å². The second-order valence-electron chi connectivity index (χ2n) is 12.4. The van der Waals surface area contributed by atoms with E-state index >= 15 is 0 Å². The first-order valence-corrected chi connectivity index (χ1v) is 15.2. The molecule has 3 aliphatic rings. The van der Waals surface area contributed by atoms with Gasteiger partial charge in [0.25, 0.3) is 5.91 Å². The molecule has 5 heterocycles. The van der Waals surface area contributed by atoms with Crippen LogP contribution in [0.1, 0.15) is 72.7 Å². The average molecular weight is 550 g/mol. The Morgan fingerprint density at radius 1 is 0.951 bits per heavy atom. The Kier molecular flexibility index (Phi) is 6.78. The third-order valence-corrected chi connectivity index (χ3v) is 10.3. The van der Waals surface area contributed by atoms with Gasteiger partial charge in [-0.25, -0.2) is 4.98 Å². The van der Waals surface area contributed by atoms with Crippen LogP contribution in [0.3, 0.4) is 0 Å². The minimum atomic E-state index is -0.0423. The molecule has 7 rings (SSSR count). The van der Waals surface area contributed by atoms with Crippen LogP contribution in [0.25, 0.3) is 11.0 Å². The zero-order valence-electron chi connectivity index (χ0n) is 23.9. The number of carbonyl (C=O) groups excluding carboxylic acids is 1. The Hall–Kier alpha value is -3.71. The first kappa shape index (κ1) is 26.2. The highest BCUT2D eigenvalue weighted by molar-refractivity contribution is 5.93. The van der Waals surface area contributed by atoms with Crippen molar-refractivity contribution in [2.24, 2.45) is 0 Å². The number of nitrogens with zero attached hydrogens (tertiary/aromatic N) is 5. The molecule has 3 atom stereocenters. The molecule has 7 nitrogen and oxygen atoms in total. The van der Waals surface area contributed by atoms with Crippen molar-refractivity contribution >= 4 is 16.9 Å². The van der Waals surface area contributed by atoms with Crippen molar-refractivity contribution in [3.05, 3.63) is 101 Å². The third kappa shape index (κ3) is 4.80. The number of hydrogen-bond donors (Lipinski definition) is 0. The number of para-hydroxylation sites is 2. The van der Waals surface area contributed by atoms with E-state index in [0.717, 1.165) is 37.1 Å². The molecule has 1 amide bonds. The lowest BCUT2D eigenvalue weighted by atomic mass is 9.70. The molecule has 41 heavy (non-hydrogen) atoms. The molecule has 0 spiro atoms. The quantitative estimate of drug-likeness (QED) is 0.238. The van der Waals surface area contributed by atoms with Crippen LogP contribution in [0.5, 0.6) is 0 Å². The van der Waals surface area contributed by atoms with Gasteiger partial charge >= 0.3 is 0 Å². The van der Waals surface area contributed by atoms with Crippen LogP contribution in [-0.4, -0.2) is 57.0 Å². The van der Waals surface area contributed by atoms with Gasteiger partial charge in [0.15, 0.2) is 12.4 Å². The number of pyridine rings is 1. The molecule has 3 aliphatic heterocycles. The predicted molar refractivity (Wildman–Crippen MR) is 160 cm³/mol. The summed E-state index contributed by atoms with van der Waals surface area (Å²) in [5, 5.41) is 11.8. The standard InChI is InChI=1S/C34H39N5O2/c1-25-35-31-11-5-6-12-32(31)39(25)30-22-28-13-14-29(23-30)38(28)21-17-34(27-9-3-2-4-10-27)15-19-36(20-16-34)33(40)26-8-7-18-37(41)24-26/h2-12,18,24,28-30H,13-17,19-23H2,1H3/t28-,29+,30+. The van der Waals surface area contributed by atoms with E-state index in [4.69, 9.17) is 4.98 Å². The molecular weight excluding hydrogens is 510 g/mol. The Labute approximate surface area is 242 Å². The second-order valence-corrected chi connectivity index (χ2v) is 12.4. The number of fused-ring (bicyclic) bond motifs is 3. The Bertz CT molecular complexity index is 1530. The smallest absolute Gasteiger partial charge is 0.259 e. The minimum absolute atomic E-state index is 0.0423. The summed E-state index contributed by atoms with van der Waals surface area (Å²) in [4.78, 5) is 22.8. The molecule has 0 N–H and O–H groups in total. The largest absolute Gasteiger partial charge is 0.619 e. The molecule has 7 heteroatoms. The van der Waals surface area contributed by atoms with Crippen LogP contribution >= 0.6 is 0 Å². The summed E-state index contributed by atoms with van der Waals surface area (Å²) in [6, 6.07) is 24.7. The predicted octanol–water partition coefficient (Wildman–Crippen LogP) is 5.41. The molecular formula is C34H39N5O2. The Balaban J connectivity index is 1.06. The summed E-state index contributed by atoms with van der Waals surface area (Å²) in [7, 11) is 0. The molecule has 3 fully saturated rings. The van der Waals surface area contributed by atoms with Crippen LogP contribution < -0.4 is 4.73 Å². The van der Waals surface area contributed by atoms with Gasteiger partial charge in [-0.05, 0) is 87.6 Å². The maximum absolute atomic E-state index is 13.2. The summed E-state index contributed by atoms with van der Waals surface area (Å²) >= 11 is 0. The van der Waals surface area contributed by atoms with E-state index in [1.54, 1.807) is 12.1 Å². The van der Waals surface area contributed by atoms with E-state index in [1.807, 2.05) is 4.90 Å². The van der Waals surface area contributed by atoms with Crippen LogP contribution in [0.4, 0.5) is 0 Å². The maximum atomic E-state index is 13.2. The molecule has 0 radical (unpaired) electrons. The molecule has 2 bridgehead atoms. The number of piperidine rings is 2. The van der Waals surface area contributed by atoms with Crippen molar-refractivity contribution in [2.45, 2.75) is 75.4 Å². The van der Waals surface area contributed by atoms with Crippen molar-refractivity contribution in [3.63, 3.8) is 0 Å². The fourth-order valence-corrected chi connectivity index (χ4v) is 8.17. The minimum Gasteiger partial charge on any atom is -0.619 e. The number of hydrogen-bond acceptors (Lipinski definition) is 4. The van der Waals surface area contributed by atoms with Crippen LogP contribution in [0, 0.1) is 12.1 Å². The molecule has 4 aromatic rings. The van der Waals surface area contributed by atoms with Gasteiger partial charge in [-0.3, -0.25) is 9.69 Å². The maximum Gasteiger partial charge on any atom is 0.259 e. The first-order chi connectivity index (χ1) is 20.0. The summed E-state index contributed by atoms with van der Waals surface area (Å²) < 4.78 is 3.22. The van der Waals surface area contributed by atoms with Gasteiger partial charge in [0, 0.05) is 37.3 Å². The molecule has 3 saturated heterocycles. The Morgan fingerprint density at radius 3 is 2.39 bits per heavy atom. The molecule has 0 aliphatic carbocycles. The van der Waals surface area contributed by atoms with Crippen molar-refractivity contribution in [1.82, 2.24) is 19.4 Å². The average Bonchev–Trinajstić information content (AvgIpc) is 3.46. The summed E-state index contributed by atoms with van der Waals surface area (Å²) in [6.07, 6.45) is 10.7. The van der Waals surface area contributed by atoms with Crippen LogP contribution in [-0.2, 0) is 5.41 Å². The lowest BCUT2D eigenvalue weighted by Crippen LogP contribution is -2.49. The van der Waals surface area contributed by atoms with Crippen molar-refractivity contribution in [1.29, 1.82) is 0 Å². The number of benzene rings is 2. The zero-order chi connectivity index (χ0) is 28.0. The normalized spacial score (nSPS) is 24.1. The summed E-state index contributed by atoms with van der Waals surface area (Å²) in [5.74, 6) is 1.09. The fraction of sp³-hybridized carbons (Fsp3) is 0.441.